The van der Waals surface area contributed by atoms with Gasteiger partial charge >= 0.3 is 0 Å². The number of hydrogen-bond acceptors (Lipinski definition) is 2. The smallest absolute Gasteiger partial charge is 0.127 e. The Kier molecular flexibility index (Phi) is 4.61. The molecule has 102 valence electrons. The predicted molar refractivity (Wildman–Crippen MR) is 80.7 cm³/mol. The molecular weight excluding hydrogens is 281 g/mol. The van der Waals surface area contributed by atoms with Crippen LogP contribution in [0.25, 0.3) is 0 Å². The molecule has 0 radical (unpaired) electrons. The van der Waals surface area contributed by atoms with Crippen molar-refractivity contribution < 1.29 is 4.39 Å². The Morgan fingerprint density at radius 3 is 2.63 bits per heavy atom. The summed E-state index contributed by atoms with van der Waals surface area (Å²) in [6.07, 6.45) is 0.557. The second kappa shape index (κ2) is 6.04. The molecular formula is C15H17ClFNS. The molecule has 0 aliphatic carbocycles. The third-order valence-electron chi connectivity index (χ3n) is 3.35. The number of hydrogen-bond donors (Lipinski definition) is 1. The first kappa shape index (κ1) is 14.5. The lowest BCUT2D eigenvalue weighted by Gasteiger charge is -2.16. The van der Waals surface area contributed by atoms with E-state index in [9.17, 15) is 4.39 Å². The van der Waals surface area contributed by atoms with Crippen molar-refractivity contribution in [1.29, 1.82) is 0 Å². The summed E-state index contributed by atoms with van der Waals surface area (Å²) in [5.41, 5.74) is 1.85. The van der Waals surface area contributed by atoms with Crippen LogP contribution in [0.15, 0.2) is 24.3 Å². The number of halogens is 2. The van der Waals surface area contributed by atoms with Gasteiger partial charge in [0.2, 0.25) is 0 Å². The molecule has 1 heterocycles. The maximum Gasteiger partial charge on any atom is 0.127 e. The molecule has 0 aliphatic heterocycles. The van der Waals surface area contributed by atoms with E-state index < -0.39 is 0 Å². The highest BCUT2D eigenvalue weighted by Gasteiger charge is 2.17. The van der Waals surface area contributed by atoms with Crippen molar-refractivity contribution in [3.05, 3.63) is 56.0 Å². The molecule has 0 saturated carbocycles. The lowest BCUT2D eigenvalue weighted by Crippen LogP contribution is -2.18. The summed E-state index contributed by atoms with van der Waals surface area (Å²) >= 11 is 7.84. The summed E-state index contributed by atoms with van der Waals surface area (Å²) < 4.78 is 13.8. The normalized spacial score (nSPS) is 12.7. The van der Waals surface area contributed by atoms with E-state index in [4.69, 9.17) is 11.6 Å². The molecule has 0 saturated heterocycles. The molecule has 0 fully saturated rings. The second-order valence-corrected chi connectivity index (χ2v) is 6.33. The molecule has 1 aromatic carbocycles. The number of nitrogens with one attached hydrogen (secondary N) is 1. The Morgan fingerprint density at radius 1 is 1.37 bits per heavy atom. The molecule has 2 aromatic rings. The predicted octanol–water partition coefficient (Wildman–Crippen LogP) is 4.66. The topological polar surface area (TPSA) is 12.0 Å². The van der Waals surface area contributed by atoms with Crippen LogP contribution in [0.2, 0.25) is 5.02 Å². The van der Waals surface area contributed by atoms with Crippen molar-refractivity contribution in [2.75, 3.05) is 7.05 Å². The van der Waals surface area contributed by atoms with Crippen LogP contribution in [-0.2, 0) is 6.42 Å². The molecule has 1 atom stereocenters. The van der Waals surface area contributed by atoms with Gasteiger partial charge in [-0.1, -0.05) is 17.7 Å². The van der Waals surface area contributed by atoms with Crippen molar-refractivity contribution in [2.45, 2.75) is 26.3 Å². The fourth-order valence-corrected chi connectivity index (χ4v) is 3.44. The first-order chi connectivity index (χ1) is 9.02. The molecule has 1 unspecified atom stereocenters. The van der Waals surface area contributed by atoms with E-state index in [-0.39, 0.29) is 11.9 Å². The van der Waals surface area contributed by atoms with Crippen molar-refractivity contribution >= 4 is 22.9 Å². The highest BCUT2D eigenvalue weighted by atomic mass is 35.5. The van der Waals surface area contributed by atoms with E-state index in [1.54, 1.807) is 23.5 Å². The number of aryl methyl sites for hydroxylation is 2. The zero-order chi connectivity index (χ0) is 14.0. The lowest BCUT2D eigenvalue weighted by atomic mass is 10.0. The Labute approximate surface area is 122 Å². The summed E-state index contributed by atoms with van der Waals surface area (Å²) in [5, 5.41) is 3.74. The van der Waals surface area contributed by atoms with Crippen LogP contribution in [0.4, 0.5) is 4.39 Å². The van der Waals surface area contributed by atoms with Gasteiger partial charge in [-0.2, -0.15) is 0 Å². The largest absolute Gasteiger partial charge is 0.312 e. The van der Waals surface area contributed by atoms with E-state index >= 15 is 0 Å². The van der Waals surface area contributed by atoms with E-state index in [0.29, 0.717) is 17.0 Å². The van der Waals surface area contributed by atoms with Gasteiger partial charge in [-0.05, 0) is 51.1 Å². The van der Waals surface area contributed by atoms with Crippen LogP contribution in [0.3, 0.4) is 0 Å². The molecule has 0 amide bonds. The Bertz CT molecular complexity index is 540. The molecule has 2 rings (SSSR count). The summed E-state index contributed by atoms with van der Waals surface area (Å²) in [4.78, 5) is 2.52. The summed E-state index contributed by atoms with van der Waals surface area (Å²) in [5.74, 6) is -0.238. The first-order valence-electron chi connectivity index (χ1n) is 6.20. The van der Waals surface area contributed by atoms with Gasteiger partial charge in [0.15, 0.2) is 0 Å². The molecule has 0 aliphatic rings. The van der Waals surface area contributed by atoms with Gasteiger partial charge in [-0.3, -0.25) is 0 Å². The highest BCUT2D eigenvalue weighted by Crippen LogP contribution is 2.31. The molecule has 1 aromatic heterocycles. The average Bonchev–Trinajstić information content (AvgIpc) is 2.69. The fraction of sp³-hybridized carbons (Fsp3) is 0.333. The van der Waals surface area contributed by atoms with Gasteiger partial charge in [-0.25, -0.2) is 4.39 Å². The third kappa shape index (κ3) is 3.16. The van der Waals surface area contributed by atoms with Crippen LogP contribution < -0.4 is 5.32 Å². The van der Waals surface area contributed by atoms with Crippen LogP contribution in [0.5, 0.6) is 0 Å². The molecule has 4 heteroatoms. The minimum Gasteiger partial charge on any atom is -0.312 e. The molecule has 19 heavy (non-hydrogen) atoms. The number of rotatable bonds is 4. The van der Waals surface area contributed by atoms with Gasteiger partial charge in [0, 0.05) is 26.4 Å². The molecule has 1 N–H and O–H groups in total. The number of thiophene rings is 1. The van der Waals surface area contributed by atoms with E-state index in [1.165, 1.54) is 21.4 Å². The average molecular weight is 298 g/mol. The van der Waals surface area contributed by atoms with Crippen LogP contribution in [-0.4, -0.2) is 7.05 Å². The van der Waals surface area contributed by atoms with Crippen LogP contribution >= 0.6 is 22.9 Å². The van der Waals surface area contributed by atoms with Crippen molar-refractivity contribution in [2.24, 2.45) is 0 Å². The van der Waals surface area contributed by atoms with Crippen molar-refractivity contribution in [1.82, 2.24) is 5.32 Å². The van der Waals surface area contributed by atoms with E-state index in [0.717, 1.165) is 0 Å². The monoisotopic (exact) mass is 297 g/mol. The van der Waals surface area contributed by atoms with Crippen LogP contribution in [0.1, 0.15) is 26.9 Å². The minimum absolute atomic E-state index is 0.0896. The molecule has 0 bridgehead atoms. The van der Waals surface area contributed by atoms with E-state index in [2.05, 4.69) is 25.2 Å². The molecule has 0 spiro atoms. The Morgan fingerprint density at radius 2 is 2.11 bits per heavy atom. The Hall–Kier alpha value is -0.900. The maximum absolute atomic E-state index is 13.8. The zero-order valence-corrected chi connectivity index (χ0v) is 12.8. The lowest BCUT2D eigenvalue weighted by molar-refractivity contribution is 0.560. The van der Waals surface area contributed by atoms with Gasteiger partial charge in [0.1, 0.15) is 5.82 Å². The first-order valence-corrected chi connectivity index (χ1v) is 7.39. The van der Waals surface area contributed by atoms with Gasteiger partial charge < -0.3 is 5.32 Å². The van der Waals surface area contributed by atoms with Gasteiger partial charge in [0.25, 0.3) is 0 Å². The zero-order valence-electron chi connectivity index (χ0n) is 11.3. The van der Waals surface area contributed by atoms with Gasteiger partial charge in [-0.15, -0.1) is 11.3 Å². The van der Waals surface area contributed by atoms with Crippen molar-refractivity contribution in [3.8, 4) is 0 Å². The molecule has 1 nitrogen and oxygen atoms in total. The fourth-order valence-electron chi connectivity index (χ4n) is 2.05. The SMILES string of the molecule is CNC(Cc1c(F)cccc1Cl)c1cc(C)c(C)s1. The third-order valence-corrected chi connectivity index (χ3v) is 4.97. The number of likely N-dealkylation sites (N-methyl/N-ethyl adjacent to an activating group) is 1. The Balaban J connectivity index is 2.29. The van der Waals surface area contributed by atoms with Crippen LogP contribution in [0, 0.1) is 19.7 Å². The standard InChI is InChI=1S/C15H17ClFNS/c1-9-7-15(19-10(9)2)14(18-3)8-11-12(16)5-4-6-13(11)17/h4-7,14,18H,8H2,1-3H3. The van der Waals surface area contributed by atoms with Crippen molar-refractivity contribution in [3.63, 3.8) is 0 Å². The van der Waals surface area contributed by atoms with Gasteiger partial charge in [0.05, 0.1) is 0 Å². The second-order valence-electron chi connectivity index (χ2n) is 4.63. The summed E-state index contributed by atoms with van der Waals surface area (Å²) in [6, 6.07) is 7.08. The summed E-state index contributed by atoms with van der Waals surface area (Å²) in [7, 11) is 1.89. The van der Waals surface area contributed by atoms with E-state index in [1.807, 2.05) is 7.05 Å². The quantitative estimate of drug-likeness (QED) is 0.865. The minimum atomic E-state index is -0.238. The summed E-state index contributed by atoms with van der Waals surface area (Å²) in [6.45, 7) is 4.20. The maximum atomic E-state index is 13.8. The highest BCUT2D eigenvalue weighted by molar-refractivity contribution is 7.12. The number of benzene rings is 1.